The Kier molecular flexibility index (Phi) is 5.33. The maximum atomic E-state index is 13.3. The molecular formula is C16H14F2O2S. The summed E-state index contributed by atoms with van der Waals surface area (Å²) in [7, 11) is 0. The molecule has 0 N–H and O–H groups in total. The van der Waals surface area contributed by atoms with Gasteiger partial charge in [-0.05, 0) is 31.2 Å². The van der Waals surface area contributed by atoms with Crippen LogP contribution in [0.2, 0.25) is 0 Å². The number of Topliss-reactive ketones (excluding diaryl/α,β-unsaturated/α-hetero) is 1. The molecule has 0 aliphatic heterocycles. The van der Waals surface area contributed by atoms with Gasteiger partial charge in [0, 0.05) is 22.3 Å². The van der Waals surface area contributed by atoms with Crippen LogP contribution in [0.3, 0.4) is 0 Å². The Balaban J connectivity index is 1.80. The number of ketones is 1. The van der Waals surface area contributed by atoms with Gasteiger partial charge in [0.15, 0.2) is 17.3 Å². The highest BCUT2D eigenvalue weighted by molar-refractivity contribution is 7.99. The van der Waals surface area contributed by atoms with Crippen LogP contribution in [0.1, 0.15) is 17.3 Å². The first kappa shape index (κ1) is 15.5. The van der Waals surface area contributed by atoms with Gasteiger partial charge in [-0.25, -0.2) is 8.78 Å². The van der Waals surface area contributed by atoms with Crippen molar-refractivity contribution in [3.63, 3.8) is 0 Å². The van der Waals surface area contributed by atoms with Gasteiger partial charge in [-0.2, -0.15) is 0 Å². The number of carbonyl (C=O) groups is 1. The van der Waals surface area contributed by atoms with E-state index in [1.54, 1.807) is 12.1 Å². The Labute approximate surface area is 126 Å². The molecule has 0 saturated heterocycles. The lowest BCUT2D eigenvalue weighted by Crippen LogP contribution is -2.02. The van der Waals surface area contributed by atoms with Gasteiger partial charge in [-0.3, -0.25) is 4.79 Å². The lowest BCUT2D eigenvalue weighted by atomic mass is 10.2. The second-order valence-corrected chi connectivity index (χ2v) is 5.52. The third-order valence-corrected chi connectivity index (χ3v) is 3.74. The van der Waals surface area contributed by atoms with E-state index in [-0.39, 0.29) is 11.5 Å². The van der Waals surface area contributed by atoms with E-state index in [2.05, 4.69) is 0 Å². The zero-order valence-electron chi connectivity index (χ0n) is 11.4. The van der Waals surface area contributed by atoms with E-state index in [1.165, 1.54) is 24.8 Å². The molecule has 0 radical (unpaired) electrons. The first-order valence-corrected chi connectivity index (χ1v) is 7.36. The van der Waals surface area contributed by atoms with E-state index in [9.17, 15) is 13.6 Å². The molecule has 21 heavy (non-hydrogen) atoms. The summed E-state index contributed by atoms with van der Waals surface area (Å²) in [5.74, 6) is -0.632. The third kappa shape index (κ3) is 4.56. The molecule has 110 valence electrons. The van der Waals surface area contributed by atoms with Crippen molar-refractivity contribution < 1.29 is 18.3 Å². The lowest BCUT2D eigenvalue weighted by molar-refractivity contribution is 0.101. The number of thioether (sulfide) groups is 1. The van der Waals surface area contributed by atoms with Crippen LogP contribution in [0, 0.1) is 11.6 Å². The molecule has 0 bridgehead atoms. The molecule has 0 aliphatic rings. The predicted octanol–water partition coefficient (Wildman–Crippen LogP) is 4.34. The summed E-state index contributed by atoms with van der Waals surface area (Å²) in [6.07, 6.45) is 0. The van der Waals surface area contributed by atoms with Crippen LogP contribution in [0.15, 0.2) is 47.4 Å². The molecule has 0 heterocycles. The molecule has 0 unspecified atom stereocenters. The molecular weight excluding hydrogens is 294 g/mol. The lowest BCUT2D eigenvalue weighted by Gasteiger charge is -2.07. The van der Waals surface area contributed by atoms with Crippen molar-refractivity contribution >= 4 is 17.5 Å². The molecule has 0 amide bonds. The minimum Gasteiger partial charge on any atom is -0.490 e. The van der Waals surface area contributed by atoms with E-state index in [0.29, 0.717) is 17.9 Å². The molecule has 0 spiro atoms. The fourth-order valence-corrected chi connectivity index (χ4v) is 2.42. The van der Waals surface area contributed by atoms with Crippen LogP contribution in [0.5, 0.6) is 5.75 Å². The average molecular weight is 308 g/mol. The van der Waals surface area contributed by atoms with Crippen molar-refractivity contribution in [2.24, 2.45) is 0 Å². The van der Waals surface area contributed by atoms with E-state index in [1.807, 2.05) is 12.1 Å². The summed E-state index contributed by atoms with van der Waals surface area (Å²) < 4.78 is 31.3. The smallest absolute Gasteiger partial charge is 0.167 e. The fourth-order valence-electron chi connectivity index (χ4n) is 1.69. The third-order valence-electron chi connectivity index (χ3n) is 2.76. The number of hydrogen-bond donors (Lipinski definition) is 0. The summed E-state index contributed by atoms with van der Waals surface area (Å²) in [4.78, 5) is 12.1. The molecule has 0 aromatic heterocycles. The minimum atomic E-state index is -0.703. The number of carbonyl (C=O) groups excluding carboxylic acids is 1. The molecule has 2 rings (SSSR count). The summed E-state index contributed by atoms with van der Waals surface area (Å²) >= 11 is 1.54. The molecule has 0 atom stereocenters. The number of rotatable bonds is 6. The fraction of sp³-hybridized carbons (Fsp3) is 0.188. The van der Waals surface area contributed by atoms with Gasteiger partial charge < -0.3 is 4.74 Å². The SMILES string of the molecule is CC(=O)c1ccc(SCCOc2ccc(F)cc2F)cc1. The molecule has 0 saturated carbocycles. The normalized spacial score (nSPS) is 10.4. The minimum absolute atomic E-state index is 0.0293. The van der Waals surface area contributed by atoms with Crippen LogP contribution in [-0.2, 0) is 0 Å². The topological polar surface area (TPSA) is 26.3 Å². The van der Waals surface area contributed by atoms with Gasteiger partial charge in [-0.1, -0.05) is 12.1 Å². The molecule has 2 aromatic rings. The quantitative estimate of drug-likeness (QED) is 0.451. The van der Waals surface area contributed by atoms with Crippen LogP contribution in [-0.4, -0.2) is 18.1 Å². The first-order chi connectivity index (χ1) is 10.1. The van der Waals surface area contributed by atoms with E-state index in [4.69, 9.17) is 4.74 Å². The van der Waals surface area contributed by atoms with Crippen molar-refractivity contribution in [3.8, 4) is 5.75 Å². The molecule has 5 heteroatoms. The highest BCUT2D eigenvalue weighted by Gasteiger charge is 2.05. The summed E-state index contributed by atoms with van der Waals surface area (Å²) in [5.41, 5.74) is 0.670. The van der Waals surface area contributed by atoms with Crippen molar-refractivity contribution in [1.29, 1.82) is 0 Å². The van der Waals surface area contributed by atoms with E-state index in [0.717, 1.165) is 17.0 Å². The van der Waals surface area contributed by atoms with Crippen molar-refractivity contribution in [3.05, 3.63) is 59.7 Å². The highest BCUT2D eigenvalue weighted by atomic mass is 32.2. The summed E-state index contributed by atoms with van der Waals surface area (Å²) in [6, 6.07) is 10.5. The summed E-state index contributed by atoms with van der Waals surface area (Å²) in [5, 5.41) is 0. The van der Waals surface area contributed by atoms with Gasteiger partial charge in [-0.15, -0.1) is 11.8 Å². The zero-order valence-corrected chi connectivity index (χ0v) is 12.3. The predicted molar refractivity (Wildman–Crippen MR) is 79.0 cm³/mol. The highest BCUT2D eigenvalue weighted by Crippen LogP contribution is 2.21. The molecule has 2 nitrogen and oxygen atoms in total. The van der Waals surface area contributed by atoms with Gasteiger partial charge in [0.1, 0.15) is 5.82 Å². The maximum absolute atomic E-state index is 13.3. The Morgan fingerprint density at radius 1 is 1.14 bits per heavy atom. The standard InChI is InChI=1S/C16H14F2O2S/c1-11(19)12-2-5-14(6-3-12)21-9-8-20-16-7-4-13(17)10-15(16)18/h2-7,10H,8-9H2,1H3. The van der Waals surface area contributed by atoms with E-state index >= 15 is 0 Å². The Hall–Kier alpha value is -1.88. The zero-order chi connectivity index (χ0) is 15.2. The van der Waals surface area contributed by atoms with Crippen LogP contribution < -0.4 is 4.74 Å². The van der Waals surface area contributed by atoms with Crippen LogP contribution in [0.4, 0.5) is 8.78 Å². The monoisotopic (exact) mass is 308 g/mol. The number of benzene rings is 2. The van der Waals surface area contributed by atoms with Crippen LogP contribution in [0.25, 0.3) is 0 Å². The van der Waals surface area contributed by atoms with Gasteiger partial charge >= 0.3 is 0 Å². The van der Waals surface area contributed by atoms with Crippen LogP contribution >= 0.6 is 11.8 Å². The molecule has 0 aliphatic carbocycles. The maximum Gasteiger partial charge on any atom is 0.167 e. The first-order valence-electron chi connectivity index (χ1n) is 6.38. The largest absolute Gasteiger partial charge is 0.490 e. The average Bonchev–Trinajstić information content (AvgIpc) is 2.46. The Bertz CT molecular complexity index is 627. The van der Waals surface area contributed by atoms with Gasteiger partial charge in [0.25, 0.3) is 0 Å². The summed E-state index contributed by atoms with van der Waals surface area (Å²) in [6.45, 7) is 1.83. The van der Waals surface area contributed by atoms with Crippen molar-refractivity contribution in [2.45, 2.75) is 11.8 Å². The number of hydrogen-bond acceptors (Lipinski definition) is 3. The second-order valence-electron chi connectivity index (χ2n) is 4.35. The molecule has 2 aromatic carbocycles. The second kappa shape index (κ2) is 7.22. The Morgan fingerprint density at radius 2 is 1.86 bits per heavy atom. The number of halogens is 2. The molecule has 0 fully saturated rings. The van der Waals surface area contributed by atoms with Gasteiger partial charge in [0.2, 0.25) is 0 Å². The Morgan fingerprint density at radius 3 is 2.48 bits per heavy atom. The van der Waals surface area contributed by atoms with Crippen molar-refractivity contribution in [2.75, 3.05) is 12.4 Å². The number of ether oxygens (including phenoxy) is 1. The van der Waals surface area contributed by atoms with Crippen molar-refractivity contribution in [1.82, 2.24) is 0 Å². The van der Waals surface area contributed by atoms with E-state index < -0.39 is 11.6 Å². The van der Waals surface area contributed by atoms with Gasteiger partial charge in [0.05, 0.1) is 6.61 Å².